The number of hydrogen-bond donors (Lipinski definition) is 2. The third kappa shape index (κ3) is 5.35. The van der Waals surface area contributed by atoms with Crippen LogP contribution in [0, 0.1) is 6.92 Å². The maximum Gasteiger partial charge on any atom is 0.251 e. The SMILES string of the molecule is CN=C(N)c1ccc(CNC(=O)c2ccnc(Cc3ccc4ncc(Cl)cc4c3)c2)cc1C. The first-order chi connectivity index (χ1) is 15.9. The van der Waals surface area contributed by atoms with Crippen LogP contribution in [0.25, 0.3) is 10.9 Å². The third-order valence-corrected chi connectivity index (χ3v) is 5.64. The number of nitrogens with two attached hydrogens (primary N) is 1. The number of amides is 1. The molecule has 0 bridgehead atoms. The Labute approximate surface area is 197 Å². The van der Waals surface area contributed by atoms with Crippen molar-refractivity contribution in [3.8, 4) is 0 Å². The van der Waals surface area contributed by atoms with Gasteiger partial charge in [-0.25, -0.2) is 0 Å². The van der Waals surface area contributed by atoms with Gasteiger partial charge in [0, 0.05) is 54.6 Å². The molecule has 0 spiro atoms. The van der Waals surface area contributed by atoms with Crippen molar-refractivity contribution >= 4 is 34.2 Å². The van der Waals surface area contributed by atoms with E-state index >= 15 is 0 Å². The van der Waals surface area contributed by atoms with Crippen molar-refractivity contribution in [1.82, 2.24) is 15.3 Å². The van der Waals surface area contributed by atoms with Gasteiger partial charge in [-0.15, -0.1) is 0 Å². The van der Waals surface area contributed by atoms with E-state index in [1.54, 1.807) is 25.5 Å². The Bertz CT molecular complexity index is 1370. The van der Waals surface area contributed by atoms with Crippen molar-refractivity contribution in [1.29, 1.82) is 0 Å². The van der Waals surface area contributed by atoms with Gasteiger partial charge in [-0.1, -0.05) is 35.9 Å². The van der Waals surface area contributed by atoms with Gasteiger partial charge in [-0.3, -0.25) is 19.8 Å². The fourth-order valence-electron chi connectivity index (χ4n) is 3.72. The standard InChI is InChI=1S/C26H24ClN5O/c1-16-9-18(3-5-23(16)25(28)29-2)14-32-26(33)19-7-8-30-22(13-19)11-17-4-6-24-20(10-17)12-21(27)15-31-24/h3-10,12-13,15H,11,14H2,1-2H3,(H2,28,29)(H,32,33). The zero-order valence-electron chi connectivity index (χ0n) is 18.5. The molecule has 0 saturated heterocycles. The Kier molecular flexibility index (Phi) is 6.66. The Hall–Kier alpha value is -3.77. The van der Waals surface area contributed by atoms with E-state index in [9.17, 15) is 4.79 Å². The maximum atomic E-state index is 12.7. The van der Waals surface area contributed by atoms with Crippen LogP contribution in [0.5, 0.6) is 0 Å². The number of aryl methyl sites for hydroxylation is 1. The molecule has 4 aromatic rings. The van der Waals surface area contributed by atoms with Gasteiger partial charge >= 0.3 is 0 Å². The van der Waals surface area contributed by atoms with Crippen LogP contribution in [0.3, 0.4) is 0 Å². The summed E-state index contributed by atoms with van der Waals surface area (Å²) in [7, 11) is 1.67. The minimum absolute atomic E-state index is 0.149. The summed E-state index contributed by atoms with van der Waals surface area (Å²) in [5, 5.41) is 4.55. The molecule has 0 atom stereocenters. The summed E-state index contributed by atoms with van der Waals surface area (Å²) >= 11 is 6.07. The average Bonchev–Trinajstić information content (AvgIpc) is 2.82. The fraction of sp³-hybridized carbons (Fsp3) is 0.154. The van der Waals surface area contributed by atoms with Gasteiger partial charge in [-0.05, 0) is 53.9 Å². The molecule has 7 heteroatoms. The van der Waals surface area contributed by atoms with E-state index in [0.717, 1.165) is 38.9 Å². The van der Waals surface area contributed by atoms with E-state index in [-0.39, 0.29) is 5.91 Å². The van der Waals surface area contributed by atoms with Gasteiger partial charge in [-0.2, -0.15) is 0 Å². The summed E-state index contributed by atoms with van der Waals surface area (Å²) < 4.78 is 0. The predicted molar refractivity (Wildman–Crippen MR) is 133 cm³/mol. The number of carbonyl (C=O) groups excluding carboxylic acids is 1. The quantitative estimate of drug-likeness (QED) is 0.330. The number of aliphatic imine (C=N–C) groups is 1. The number of amidine groups is 1. The minimum Gasteiger partial charge on any atom is -0.384 e. The van der Waals surface area contributed by atoms with Crippen LogP contribution in [0.15, 0.2) is 72.0 Å². The number of nitrogens with zero attached hydrogens (tertiary/aromatic N) is 3. The third-order valence-electron chi connectivity index (χ3n) is 5.44. The first-order valence-electron chi connectivity index (χ1n) is 10.5. The van der Waals surface area contributed by atoms with Gasteiger partial charge in [0.15, 0.2) is 0 Å². The molecule has 0 aliphatic carbocycles. The van der Waals surface area contributed by atoms with Crippen molar-refractivity contribution in [2.45, 2.75) is 19.9 Å². The van der Waals surface area contributed by atoms with Crippen molar-refractivity contribution in [2.75, 3.05) is 7.05 Å². The zero-order valence-corrected chi connectivity index (χ0v) is 19.2. The van der Waals surface area contributed by atoms with E-state index in [0.29, 0.717) is 29.4 Å². The lowest BCUT2D eigenvalue weighted by Gasteiger charge is -2.10. The van der Waals surface area contributed by atoms with Crippen molar-refractivity contribution < 1.29 is 4.79 Å². The van der Waals surface area contributed by atoms with Crippen LogP contribution >= 0.6 is 11.6 Å². The molecule has 1 amide bonds. The molecular formula is C26H24ClN5O. The second-order valence-corrected chi connectivity index (χ2v) is 8.27. The maximum absolute atomic E-state index is 12.7. The molecule has 2 aromatic heterocycles. The van der Waals surface area contributed by atoms with E-state index in [2.05, 4.69) is 20.3 Å². The lowest BCUT2D eigenvalue weighted by Crippen LogP contribution is -2.23. The predicted octanol–water partition coefficient (Wildman–Crippen LogP) is 4.45. The van der Waals surface area contributed by atoms with Crippen LogP contribution in [0.1, 0.15) is 38.3 Å². The minimum atomic E-state index is -0.149. The Morgan fingerprint density at radius 1 is 1.06 bits per heavy atom. The number of benzene rings is 2. The molecular weight excluding hydrogens is 434 g/mol. The number of halogens is 1. The molecule has 0 saturated carbocycles. The zero-order chi connectivity index (χ0) is 23.4. The molecule has 2 heterocycles. The van der Waals surface area contributed by atoms with Gasteiger partial charge in [0.25, 0.3) is 5.91 Å². The average molecular weight is 458 g/mol. The molecule has 0 aliphatic heterocycles. The molecule has 166 valence electrons. The Balaban J connectivity index is 1.44. The van der Waals surface area contributed by atoms with Crippen LogP contribution in [-0.2, 0) is 13.0 Å². The van der Waals surface area contributed by atoms with E-state index in [1.807, 2.05) is 55.5 Å². The number of carbonyl (C=O) groups is 1. The van der Waals surface area contributed by atoms with Crippen LogP contribution in [0.2, 0.25) is 5.02 Å². The molecule has 2 aromatic carbocycles. The molecule has 4 rings (SSSR count). The monoisotopic (exact) mass is 457 g/mol. The highest BCUT2D eigenvalue weighted by molar-refractivity contribution is 6.31. The highest BCUT2D eigenvalue weighted by Gasteiger charge is 2.09. The largest absolute Gasteiger partial charge is 0.384 e. The van der Waals surface area contributed by atoms with Gasteiger partial charge in [0.2, 0.25) is 0 Å². The number of rotatable bonds is 6. The summed E-state index contributed by atoms with van der Waals surface area (Å²) in [6, 6.07) is 17.3. The second-order valence-electron chi connectivity index (χ2n) is 7.83. The van der Waals surface area contributed by atoms with Gasteiger partial charge < -0.3 is 11.1 Å². The van der Waals surface area contributed by atoms with Gasteiger partial charge in [0.1, 0.15) is 5.84 Å². The first kappa shape index (κ1) is 22.4. The van der Waals surface area contributed by atoms with E-state index in [4.69, 9.17) is 17.3 Å². The second kappa shape index (κ2) is 9.79. The normalized spacial score (nSPS) is 11.5. The molecule has 33 heavy (non-hydrogen) atoms. The lowest BCUT2D eigenvalue weighted by molar-refractivity contribution is 0.0950. The topological polar surface area (TPSA) is 93.3 Å². The smallest absolute Gasteiger partial charge is 0.251 e. The summed E-state index contributed by atoms with van der Waals surface area (Å²) in [5.74, 6) is 0.350. The number of pyridine rings is 2. The lowest BCUT2D eigenvalue weighted by atomic mass is 10.0. The Morgan fingerprint density at radius 3 is 2.67 bits per heavy atom. The molecule has 0 aliphatic rings. The molecule has 0 radical (unpaired) electrons. The Morgan fingerprint density at radius 2 is 1.88 bits per heavy atom. The van der Waals surface area contributed by atoms with Crippen LogP contribution in [0.4, 0.5) is 0 Å². The van der Waals surface area contributed by atoms with E-state index < -0.39 is 0 Å². The van der Waals surface area contributed by atoms with Crippen LogP contribution < -0.4 is 11.1 Å². The number of hydrogen-bond acceptors (Lipinski definition) is 4. The highest BCUT2D eigenvalue weighted by atomic mass is 35.5. The number of fused-ring (bicyclic) bond motifs is 1. The van der Waals surface area contributed by atoms with Crippen molar-refractivity contribution in [3.63, 3.8) is 0 Å². The fourth-order valence-corrected chi connectivity index (χ4v) is 3.88. The molecule has 0 unspecified atom stereocenters. The molecule has 0 fully saturated rings. The summed E-state index contributed by atoms with van der Waals surface area (Å²) in [6.45, 7) is 2.39. The van der Waals surface area contributed by atoms with Crippen molar-refractivity contribution in [2.24, 2.45) is 10.7 Å². The van der Waals surface area contributed by atoms with Gasteiger partial charge in [0.05, 0.1) is 10.5 Å². The van der Waals surface area contributed by atoms with Crippen molar-refractivity contribution in [3.05, 3.63) is 106 Å². The molecule has 6 nitrogen and oxygen atoms in total. The number of aromatic nitrogens is 2. The summed E-state index contributed by atoms with van der Waals surface area (Å²) in [5.41, 5.74) is 12.2. The first-order valence-corrected chi connectivity index (χ1v) is 10.9. The highest BCUT2D eigenvalue weighted by Crippen LogP contribution is 2.20. The summed E-state index contributed by atoms with van der Waals surface area (Å²) in [6.07, 6.45) is 3.90. The number of nitrogens with one attached hydrogen (secondary N) is 1. The molecule has 3 N–H and O–H groups in total. The van der Waals surface area contributed by atoms with E-state index in [1.165, 1.54) is 0 Å². The van der Waals surface area contributed by atoms with Crippen LogP contribution in [-0.4, -0.2) is 28.8 Å². The summed E-state index contributed by atoms with van der Waals surface area (Å²) in [4.78, 5) is 25.5.